The molecular formula is C17H20N2O4. The normalized spacial score (nSPS) is 40.9. The first-order valence-corrected chi connectivity index (χ1v) is 7.97. The molecule has 0 aromatic carbocycles. The summed E-state index contributed by atoms with van der Waals surface area (Å²) in [5, 5.41) is 9.65. The summed E-state index contributed by atoms with van der Waals surface area (Å²) in [5.41, 5.74) is -3.17. The molecule has 5 atom stereocenters. The van der Waals surface area contributed by atoms with Crippen LogP contribution < -0.4 is 0 Å². The molecule has 0 N–H and O–H groups in total. The molecule has 1 aliphatic heterocycles. The molecule has 6 heteroatoms. The number of carbonyl (C=O) groups excluding carboxylic acids is 2. The number of fused-ring (bicyclic) bond motifs is 5. The maximum absolute atomic E-state index is 12.4. The van der Waals surface area contributed by atoms with Gasteiger partial charge in [-0.25, -0.2) is 11.4 Å². The summed E-state index contributed by atoms with van der Waals surface area (Å²) in [6, 6.07) is 2.10. The summed E-state index contributed by atoms with van der Waals surface area (Å²) in [5.74, 6) is -1.45. The average Bonchev–Trinajstić information content (AvgIpc) is 3.15. The van der Waals surface area contributed by atoms with Gasteiger partial charge in [-0.3, -0.25) is 4.79 Å². The Bertz CT molecular complexity index is 658. The van der Waals surface area contributed by atoms with Crippen molar-refractivity contribution in [3.63, 3.8) is 0 Å². The number of cyclic esters (lactones) is 1. The van der Waals surface area contributed by atoms with Crippen LogP contribution >= 0.6 is 0 Å². The summed E-state index contributed by atoms with van der Waals surface area (Å²) >= 11 is 0. The predicted octanol–water partition coefficient (Wildman–Crippen LogP) is 2.10. The molecule has 3 aliphatic rings. The van der Waals surface area contributed by atoms with Gasteiger partial charge in [0.25, 0.3) is 0 Å². The summed E-state index contributed by atoms with van der Waals surface area (Å²) in [6.07, 6.45) is 1.26. The highest BCUT2D eigenvalue weighted by molar-refractivity contribution is 5.87. The van der Waals surface area contributed by atoms with E-state index in [-0.39, 0.29) is 24.4 Å². The minimum Gasteiger partial charge on any atom is -0.461 e. The van der Waals surface area contributed by atoms with Crippen molar-refractivity contribution in [2.24, 2.45) is 22.7 Å². The highest BCUT2D eigenvalue weighted by atomic mass is 16.6. The molecule has 0 spiro atoms. The van der Waals surface area contributed by atoms with Crippen LogP contribution in [0, 0.1) is 40.6 Å². The Hall–Kier alpha value is -2.08. The second-order valence-corrected chi connectivity index (χ2v) is 7.49. The minimum atomic E-state index is -1.39. The van der Waals surface area contributed by atoms with E-state index in [1.807, 2.05) is 20.8 Å². The van der Waals surface area contributed by atoms with E-state index in [0.717, 1.165) is 0 Å². The van der Waals surface area contributed by atoms with Gasteiger partial charge in [-0.05, 0) is 33.1 Å². The van der Waals surface area contributed by atoms with Gasteiger partial charge in [-0.2, -0.15) is 5.26 Å². The van der Waals surface area contributed by atoms with E-state index in [1.54, 1.807) is 0 Å². The summed E-state index contributed by atoms with van der Waals surface area (Å²) in [6.45, 7) is 13.1. The number of carbonyl (C=O) groups is 2. The van der Waals surface area contributed by atoms with Gasteiger partial charge >= 0.3 is 17.5 Å². The van der Waals surface area contributed by atoms with Crippen molar-refractivity contribution in [2.75, 3.05) is 6.61 Å². The van der Waals surface area contributed by atoms with Gasteiger partial charge in [0.05, 0.1) is 17.4 Å². The fourth-order valence-corrected chi connectivity index (χ4v) is 4.36. The first kappa shape index (κ1) is 15.8. The maximum atomic E-state index is 12.4. The van der Waals surface area contributed by atoms with Crippen LogP contribution in [-0.4, -0.2) is 30.2 Å². The molecule has 0 aromatic heterocycles. The number of esters is 2. The highest BCUT2D eigenvalue weighted by Gasteiger charge is 2.85. The maximum Gasteiger partial charge on any atom is 0.335 e. The van der Waals surface area contributed by atoms with Gasteiger partial charge in [-0.15, -0.1) is 0 Å². The number of nitriles is 1. The molecule has 0 aromatic rings. The fourth-order valence-electron chi connectivity index (χ4n) is 4.36. The Balaban J connectivity index is 1.91. The van der Waals surface area contributed by atoms with Crippen molar-refractivity contribution >= 4 is 11.9 Å². The molecule has 2 saturated carbocycles. The Morgan fingerprint density at radius 1 is 1.57 bits per heavy atom. The zero-order valence-electron chi connectivity index (χ0n) is 13.6. The molecule has 1 saturated heterocycles. The number of nitrogens with zero attached hydrogens (tertiary/aromatic N) is 2. The van der Waals surface area contributed by atoms with E-state index in [9.17, 15) is 14.9 Å². The van der Waals surface area contributed by atoms with E-state index in [2.05, 4.69) is 10.9 Å². The Labute approximate surface area is 135 Å². The van der Waals surface area contributed by atoms with Crippen LogP contribution in [0.4, 0.5) is 0 Å². The molecule has 23 heavy (non-hydrogen) atoms. The van der Waals surface area contributed by atoms with E-state index in [1.165, 1.54) is 0 Å². The van der Waals surface area contributed by atoms with Crippen molar-refractivity contribution in [1.82, 2.24) is 0 Å². The van der Waals surface area contributed by atoms with Crippen LogP contribution in [0.2, 0.25) is 0 Å². The third-order valence-corrected chi connectivity index (χ3v) is 6.23. The predicted molar refractivity (Wildman–Crippen MR) is 78.5 cm³/mol. The van der Waals surface area contributed by atoms with Crippen molar-refractivity contribution in [3.05, 3.63) is 11.4 Å². The molecule has 6 nitrogen and oxygen atoms in total. The van der Waals surface area contributed by atoms with Crippen molar-refractivity contribution in [1.29, 1.82) is 5.26 Å². The van der Waals surface area contributed by atoms with E-state index < -0.39 is 28.4 Å². The molecule has 0 amide bonds. The zero-order chi connectivity index (χ0) is 17.0. The summed E-state index contributed by atoms with van der Waals surface area (Å²) in [4.78, 5) is 28.3. The zero-order valence-corrected chi connectivity index (χ0v) is 13.6. The first-order valence-electron chi connectivity index (χ1n) is 7.97. The van der Waals surface area contributed by atoms with Crippen molar-refractivity contribution in [3.8, 4) is 6.07 Å². The first-order chi connectivity index (χ1) is 10.8. The lowest BCUT2D eigenvalue weighted by Gasteiger charge is -2.36. The van der Waals surface area contributed by atoms with E-state index >= 15 is 0 Å². The van der Waals surface area contributed by atoms with Crippen LogP contribution in [0.15, 0.2) is 0 Å². The molecule has 122 valence electrons. The van der Waals surface area contributed by atoms with E-state index in [0.29, 0.717) is 19.3 Å². The second kappa shape index (κ2) is 4.71. The smallest absolute Gasteiger partial charge is 0.335 e. The van der Waals surface area contributed by atoms with Gasteiger partial charge in [0, 0.05) is 5.92 Å². The van der Waals surface area contributed by atoms with Crippen LogP contribution in [-0.2, 0) is 19.1 Å². The Morgan fingerprint density at radius 3 is 2.83 bits per heavy atom. The second-order valence-electron chi connectivity index (χ2n) is 7.49. The lowest BCUT2D eigenvalue weighted by Crippen LogP contribution is -2.55. The minimum absolute atomic E-state index is 0.0741. The standard InChI is InChI=1S/C17H20N2O4/c1-5-15(2,3)13(20)23-12-7-10-6-11(12)17(19-4)9-22-14(21)16(10,17)8-18/h10-12H,5-7,9H2,1-3H3. The SMILES string of the molecule is [C-]#[N+]C12COC(=O)C1(C#N)C1CC(OC(=O)C(C)(C)CC)C2C1. The highest BCUT2D eigenvalue weighted by Crippen LogP contribution is 2.67. The molecule has 0 radical (unpaired) electrons. The van der Waals surface area contributed by atoms with E-state index in [4.69, 9.17) is 16.0 Å². The summed E-state index contributed by atoms with van der Waals surface area (Å²) < 4.78 is 10.8. The number of rotatable bonds is 3. The van der Waals surface area contributed by atoms with Crippen LogP contribution in [0.3, 0.4) is 0 Å². The number of hydrogen-bond acceptors (Lipinski definition) is 5. The van der Waals surface area contributed by atoms with Gasteiger partial charge in [0.2, 0.25) is 5.41 Å². The van der Waals surface area contributed by atoms with Crippen LogP contribution in [0.1, 0.15) is 40.0 Å². The van der Waals surface area contributed by atoms with Crippen LogP contribution in [0.5, 0.6) is 0 Å². The number of ether oxygens (including phenoxy) is 2. The molecule has 2 aliphatic carbocycles. The van der Waals surface area contributed by atoms with Gasteiger partial charge in [-0.1, -0.05) is 6.92 Å². The van der Waals surface area contributed by atoms with Crippen molar-refractivity contribution < 1.29 is 19.1 Å². The molecule has 1 heterocycles. The monoisotopic (exact) mass is 316 g/mol. The Morgan fingerprint density at radius 2 is 2.26 bits per heavy atom. The quantitative estimate of drug-likeness (QED) is 0.588. The molecular weight excluding hydrogens is 296 g/mol. The third-order valence-electron chi connectivity index (χ3n) is 6.23. The largest absolute Gasteiger partial charge is 0.461 e. The van der Waals surface area contributed by atoms with Gasteiger partial charge < -0.3 is 14.3 Å². The topological polar surface area (TPSA) is 80.8 Å². The lowest BCUT2D eigenvalue weighted by molar-refractivity contribution is -0.164. The Kier molecular flexibility index (Phi) is 3.23. The molecule has 3 fully saturated rings. The van der Waals surface area contributed by atoms with Gasteiger partial charge in [0.15, 0.2) is 6.61 Å². The summed E-state index contributed by atoms with van der Waals surface area (Å²) in [7, 11) is 0. The van der Waals surface area contributed by atoms with Crippen LogP contribution in [0.25, 0.3) is 4.85 Å². The molecule has 2 bridgehead atoms. The van der Waals surface area contributed by atoms with Gasteiger partial charge in [0.1, 0.15) is 6.10 Å². The number of hydrogen-bond donors (Lipinski definition) is 0. The molecule has 3 rings (SSSR count). The molecule has 5 unspecified atom stereocenters. The third kappa shape index (κ3) is 1.67. The van der Waals surface area contributed by atoms with Crippen molar-refractivity contribution in [2.45, 2.75) is 51.7 Å². The fraction of sp³-hybridized carbons (Fsp3) is 0.765. The lowest BCUT2D eigenvalue weighted by atomic mass is 9.63. The average molecular weight is 316 g/mol.